The highest BCUT2D eigenvalue weighted by Gasteiger charge is 2.11. The number of rotatable bonds is 3. The van der Waals surface area contributed by atoms with Crippen LogP contribution in [0, 0.1) is 5.92 Å². The highest BCUT2D eigenvalue weighted by Crippen LogP contribution is 2.15. The Bertz CT molecular complexity index is 452. The average molecular weight is 225 g/mol. The van der Waals surface area contributed by atoms with Crippen molar-refractivity contribution in [1.82, 2.24) is 0 Å². The van der Waals surface area contributed by atoms with Gasteiger partial charge in [-0.25, -0.2) is 0 Å². The lowest BCUT2D eigenvalue weighted by Crippen LogP contribution is -2.14. The molecule has 17 heavy (non-hydrogen) atoms. The van der Waals surface area contributed by atoms with E-state index < -0.39 is 0 Å². The van der Waals surface area contributed by atoms with E-state index >= 15 is 0 Å². The van der Waals surface area contributed by atoms with E-state index in [1.54, 1.807) is 0 Å². The highest BCUT2D eigenvalue weighted by molar-refractivity contribution is 6.03. The fourth-order valence-electron chi connectivity index (χ4n) is 2.12. The van der Waals surface area contributed by atoms with E-state index in [2.05, 4.69) is 62.4 Å². The van der Waals surface area contributed by atoms with Gasteiger partial charge in [0.25, 0.3) is 0 Å². The maximum Gasteiger partial charge on any atom is 0.0443 e. The molecule has 0 spiro atoms. The van der Waals surface area contributed by atoms with Crippen LogP contribution in [0.5, 0.6) is 0 Å². The first-order valence-corrected chi connectivity index (χ1v) is 6.21. The van der Waals surface area contributed by atoms with Gasteiger partial charge in [-0.05, 0) is 24.5 Å². The Morgan fingerprint density at radius 1 is 1.18 bits per heavy atom. The van der Waals surface area contributed by atoms with Gasteiger partial charge < -0.3 is 0 Å². The summed E-state index contributed by atoms with van der Waals surface area (Å²) in [6, 6.07) is 10.5. The predicted molar refractivity (Wildman–Crippen MR) is 74.5 cm³/mol. The van der Waals surface area contributed by atoms with Crippen molar-refractivity contribution in [2.45, 2.75) is 20.3 Å². The minimum absolute atomic E-state index is 0.454. The maximum atomic E-state index is 4.74. The SMILES string of the molecule is CC1=CC=CC(C)C1=NCCc1ccccc1. The van der Waals surface area contributed by atoms with E-state index in [1.807, 2.05) is 0 Å². The van der Waals surface area contributed by atoms with Crippen molar-refractivity contribution in [3.63, 3.8) is 0 Å². The molecule has 2 rings (SSSR count). The zero-order valence-corrected chi connectivity index (χ0v) is 10.6. The van der Waals surface area contributed by atoms with Gasteiger partial charge in [0.05, 0.1) is 0 Å². The molecule has 0 bridgehead atoms. The van der Waals surface area contributed by atoms with Gasteiger partial charge >= 0.3 is 0 Å². The third kappa shape index (κ3) is 3.16. The second-order valence-corrected chi connectivity index (χ2v) is 4.53. The number of nitrogens with zero attached hydrogens (tertiary/aromatic N) is 1. The van der Waals surface area contributed by atoms with Crippen molar-refractivity contribution in [2.75, 3.05) is 6.54 Å². The van der Waals surface area contributed by atoms with Gasteiger partial charge in [0, 0.05) is 18.2 Å². The monoisotopic (exact) mass is 225 g/mol. The van der Waals surface area contributed by atoms with Gasteiger partial charge in [-0.2, -0.15) is 0 Å². The molecule has 0 aliphatic heterocycles. The molecule has 0 radical (unpaired) electrons. The van der Waals surface area contributed by atoms with E-state index in [4.69, 9.17) is 4.99 Å². The van der Waals surface area contributed by atoms with Crippen molar-refractivity contribution in [3.05, 3.63) is 59.7 Å². The Balaban J connectivity index is 1.97. The van der Waals surface area contributed by atoms with Crippen molar-refractivity contribution < 1.29 is 0 Å². The van der Waals surface area contributed by atoms with Crippen molar-refractivity contribution in [1.29, 1.82) is 0 Å². The topological polar surface area (TPSA) is 12.4 Å². The second kappa shape index (κ2) is 5.62. The van der Waals surface area contributed by atoms with E-state index in [0.717, 1.165) is 13.0 Å². The number of hydrogen-bond donors (Lipinski definition) is 0. The molecule has 0 amide bonds. The third-order valence-corrected chi connectivity index (χ3v) is 3.11. The molecule has 0 fully saturated rings. The van der Waals surface area contributed by atoms with Crippen LogP contribution >= 0.6 is 0 Å². The van der Waals surface area contributed by atoms with Gasteiger partial charge in [-0.3, -0.25) is 4.99 Å². The quantitative estimate of drug-likeness (QED) is 0.741. The second-order valence-electron chi connectivity index (χ2n) is 4.53. The molecule has 0 saturated heterocycles. The van der Waals surface area contributed by atoms with Crippen LogP contribution in [-0.2, 0) is 6.42 Å². The normalized spacial score (nSPS) is 21.6. The van der Waals surface area contributed by atoms with Crippen LogP contribution in [0.3, 0.4) is 0 Å². The summed E-state index contributed by atoms with van der Waals surface area (Å²) in [6.07, 6.45) is 7.49. The zero-order chi connectivity index (χ0) is 12.1. The summed E-state index contributed by atoms with van der Waals surface area (Å²) in [5, 5.41) is 0. The summed E-state index contributed by atoms with van der Waals surface area (Å²) < 4.78 is 0. The van der Waals surface area contributed by atoms with Crippen LogP contribution < -0.4 is 0 Å². The molecule has 88 valence electrons. The minimum atomic E-state index is 0.454. The van der Waals surface area contributed by atoms with Crippen LogP contribution in [0.4, 0.5) is 0 Å². The Hall–Kier alpha value is -1.63. The molecule has 1 aromatic rings. The highest BCUT2D eigenvalue weighted by atomic mass is 14.7. The number of allylic oxidation sites excluding steroid dienone is 4. The van der Waals surface area contributed by atoms with Crippen LogP contribution in [0.25, 0.3) is 0 Å². The fraction of sp³-hybridized carbons (Fsp3) is 0.312. The molecule has 1 atom stereocenters. The molecular formula is C16H19N. The summed E-state index contributed by atoms with van der Waals surface area (Å²) in [6.45, 7) is 5.22. The van der Waals surface area contributed by atoms with E-state index in [1.165, 1.54) is 16.8 Å². The Kier molecular flexibility index (Phi) is 3.92. The molecule has 0 aromatic heterocycles. The van der Waals surface area contributed by atoms with Crippen molar-refractivity contribution in [2.24, 2.45) is 10.9 Å². The largest absolute Gasteiger partial charge is 0.289 e. The standard InChI is InChI=1S/C16H19N/c1-13-7-6-8-14(2)16(13)17-12-11-15-9-4-3-5-10-15/h3-10,13H,11-12H2,1-2H3. The lowest BCUT2D eigenvalue weighted by molar-refractivity contribution is 0.917. The first-order chi connectivity index (χ1) is 8.27. The Morgan fingerprint density at radius 2 is 1.94 bits per heavy atom. The molecule has 1 heteroatoms. The zero-order valence-electron chi connectivity index (χ0n) is 10.6. The summed E-state index contributed by atoms with van der Waals surface area (Å²) in [7, 11) is 0. The summed E-state index contributed by atoms with van der Waals surface area (Å²) in [4.78, 5) is 4.74. The third-order valence-electron chi connectivity index (χ3n) is 3.11. The average Bonchev–Trinajstić information content (AvgIpc) is 2.34. The van der Waals surface area contributed by atoms with Gasteiger partial charge in [-0.15, -0.1) is 0 Å². The van der Waals surface area contributed by atoms with Crippen molar-refractivity contribution >= 4 is 5.71 Å². The van der Waals surface area contributed by atoms with Crippen LogP contribution in [0.15, 0.2) is 59.1 Å². The fourth-order valence-corrected chi connectivity index (χ4v) is 2.12. The molecular weight excluding hydrogens is 206 g/mol. The molecule has 1 nitrogen and oxygen atoms in total. The summed E-state index contributed by atoms with van der Waals surface area (Å²) >= 11 is 0. The first-order valence-electron chi connectivity index (χ1n) is 6.21. The molecule has 0 N–H and O–H groups in total. The summed E-state index contributed by atoms with van der Waals surface area (Å²) in [5.41, 5.74) is 3.90. The van der Waals surface area contributed by atoms with Crippen LogP contribution in [0.1, 0.15) is 19.4 Å². The minimum Gasteiger partial charge on any atom is -0.289 e. The molecule has 1 aliphatic carbocycles. The molecule has 1 aromatic carbocycles. The molecule has 0 heterocycles. The molecule has 1 unspecified atom stereocenters. The van der Waals surface area contributed by atoms with Crippen LogP contribution in [0.2, 0.25) is 0 Å². The lowest BCUT2D eigenvalue weighted by Gasteiger charge is -2.15. The molecule has 0 saturated carbocycles. The van der Waals surface area contributed by atoms with Gasteiger partial charge in [0.2, 0.25) is 0 Å². The summed E-state index contributed by atoms with van der Waals surface area (Å²) in [5.74, 6) is 0.454. The van der Waals surface area contributed by atoms with Gasteiger partial charge in [0.1, 0.15) is 0 Å². The number of benzene rings is 1. The van der Waals surface area contributed by atoms with Gasteiger partial charge in [-0.1, -0.05) is 55.5 Å². The number of aliphatic imine (C=N–C) groups is 1. The molecule has 1 aliphatic rings. The lowest BCUT2D eigenvalue weighted by atomic mass is 9.94. The maximum absolute atomic E-state index is 4.74. The predicted octanol–water partition coefficient (Wildman–Crippen LogP) is 3.82. The van der Waals surface area contributed by atoms with Gasteiger partial charge in [0.15, 0.2) is 0 Å². The van der Waals surface area contributed by atoms with Crippen molar-refractivity contribution in [3.8, 4) is 0 Å². The van der Waals surface area contributed by atoms with E-state index in [-0.39, 0.29) is 0 Å². The van der Waals surface area contributed by atoms with E-state index in [9.17, 15) is 0 Å². The Morgan fingerprint density at radius 3 is 2.65 bits per heavy atom. The van der Waals surface area contributed by atoms with Crippen LogP contribution in [-0.4, -0.2) is 12.3 Å². The van der Waals surface area contributed by atoms with E-state index in [0.29, 0.717) is 5.92 Å². The smallest absolute Gasteiger partial charge is 0.0443 e. The Labute approximate surface area is 104 Å². The number of hydrogen-bond acceptors (Lipinski definition) is 1. The first kappa shape index (κ1) is 11.8.